The highest BCUT2D eigenvalue weighted by Gasteiger charge is 2.34. The van der Waals surface area contributed by atoms with Crippen molar-refractivity contribution in [2.75, 3.05) is 33.4 Å². The first-order valence-electron chi connectivity index (χ1n) is 10.5. The summed E-state index contributed by atoms with van der Waals surface area (Å²) in [5.74, 6) is -0.607. The van der Waals surface area contributed by atoms with Crippen molar-refractivity contribution in [3.05, 3.63) is 81.7 Å². The molecule has 2 aromatic heterocycles. The molecule has 1 aliphatic rings. The Labute approximate surface area is 190 Å². The van der Waals surface area contributed by atoms with Crippen molar-refractivity contribution in [1.82, 2.24) is 9.80 Å². The number of hydrogen-bond acceptors (Lipinski definition) is 5. The second kappa shape index (κ2) is 10.1. The molecule has 0 saturated heterocycles. The minimum Gasteiger partial charge on any atom is -0.459 e. The molecule has 3 aromatic rings. The Morgan fingerprint density at radius 2 is 2.06 bits per heavy atom. The second-order valence-electron chi connectivity index (χ2n) is 7.64. The monoisotopic (exact) mass is 456 g/mol. The maximum absolute atomic E-state index is 13.5. The number of rotatable bonds is 8. The summed E-state index contributed by atoms with van der Waals surface area (Å²) in [7, 11) is 1.60. The lowest BCUT2D eigenvalue weighted by Crippen LogP contribution is -2.47. The van der Waals surface area contributed by atoms with Gasteiger partial charge in [-0.25, -0.2) is 4.39 Å². The maximum Gasteiger partial charge on any atom is 0.290 e. The van der Waals surface area contributed by atoms with E-state index in [1.807, 2.05) is 11.4 Å². The van der Waals surface area contributed by atoms with Crippen molar-refractivity contribution in [2.24, 2.45) is 0 Å². The first-order valence-corrected chi connectivity index (χ1v) is 11.4. The number of furan rings is 1. The fourth-order valence-electron chi connectivity index (χ4n) is 4.05. The molecular formula is C24H25FN2O4S. The van der Waals surface area contributed by atoms with Gasteiger partial charge in [-0.05, 0) is 59.7 Å². The lowest BCUT2D eigenvalue weighted by Gasteiger charge is -2.37. The summed E-state index contributed by atoms with van der Waals surface area (Å²) in [5.41, 5.74) is 1.91. The number of methoxy groups -OCH3 is 1. The zero-order chi connectivity index (χ0) is 22.5. The molecule has 0 aliphatic carbocycles. The molecule has 1 aromatic carbocycles. The lowest BCUT2D eigenvalue weighted by molar-refractivity contribution is -0.134. The number of carbonyl (C=O) groups excluding carboxylic acids is 2. The number of hydrogen-bond donors (Lipinski definition) is 0. The minimum absolute atomic E-state index is 0.0690. The van der Waals surface area contributed by atoms with Gasteiger partial charge >= 0.3 is 0 Å². The Morgan fingerprint density at radius 3 is 2.78 bits per heavy atom. The van der Waals surface area contributed by atoms with Gasteiger partial charge in [-0.15, -0.1) is 11.3 Å². The summed E-state index contributed by atoms with van der Waals surface area (Å²) >= 11 is 1.67. The van der Waals surface area contributed by atoms with Gasteiger partial charge in [0.05, 0.1) is 12.3 Å². The topological polar surface area (TPSA) is 63.0 Å². The van der Waals surface area contributed by atoms with E-state index in [4.69, 9.17) is 9.15 Å². The average Bonchev–Trinajstić information content (AvgIpc) is 3.50. The predicted octanol–water partition coefficient (Wildman–Crippen LogP) is 4.13. The van der Waals surface area contributed by atoms with Crippen molar-refractivity contribution in [1.29, 1.82) is 0 Å². The molecule has 2 amide bonds. The summed E-state index contributed by atoms with van der Waals surface area (Å²) in [6, 6.07) is 11.2. The van der Waals surface area contributed by atoms with Crippen LogP contribution in [0.25, 0.3) is 0 Å². The van der Waals surface area contributed by atoms with Crippen molar-refractivity contribution in [2.45, 2.75) is 18.9 Å². The van der Waals surface area contributed by atoms with Crippen LogP contribution in [0.2, 0.25) is 0 Å². The van der Waals surface area contributed by atoms with Gasteiger partial charge in [0.1, 0.15) is 12.4 Å². The van der Waals surface area contributed by atoms with Gasteiger partial charge in [0, 0.05) is 31.7 Å². The fourth-order valence-corrected chi connectivity index (χ4v) is 4.96. The first-order chi connectivity index (χ1) is 15.6. The van der Waals surface area contributed by atoms with Crippen molar-refractivity contribution in [3.8, 4) is 0 Å². The van der Waals surface area contributed by atoms with Crippen molar-refractivity contribution < 1.29 is 23.1 Å². The van der Waals surface area contributed by atoms with Crippen LogP contribution in [-0.4, -0.2) is 55.0 Å². The van der Waals surface area contributed by atoms with E-state index in [0.717, 1.165) is 17.5 Å². The molecule has 32 heavy (non-hydrogen) atoms. The van der Waals surface area contributed by atoms with Crippen molar-refractivity contribution >= 4 is 23.2 Å². The van der Waals surface area contributed by atoms with Crippen LogP contribution in [0.3, 0.4) is 0 Å². The summed E-state index contributed by atoms with van der Waals surface area (Å²) in [5, 5.41) is 2.02. The van der Waals surface area contributed by atoms with Crippen LogP contribution in [0.1, 0.15) is 39.0 Å². The molecule has 0 spiro atoms. The highest BCUT2D eigenvalue weighted by molar-refractivity contribution is 7.10. The number of amides is 2. The number of carbonyl (C=O) groups is 2. The summed E-state index contributed by atoms with van der Waals surface area (Å²) in [6.45, 7) is 1.32. The standard InChI is InChI=1S/C24H25FN2O4S/c1-30-13-3-11-26(24(29)20-4-2-14-31-20)16-22(28)27-12-9-21-19(10-15-32-21)23(27)17-5-7-18(25)8-6-17/h2,4-8,10,14-15,23H,3,9,11-13,16H2,1H3. The highest BCUT2D eigenvalue weighted by Crippen LogP contribution is 2.38. The van der Waals surface area contributed by atoms with Crippen LogP contribution in [0, 0.1) is 5.82 Å². The molecular weight excluding hydrogens is 431 g/mol. The Kier molecular flexibility index (Phi) is 7.02. The van der Waals surface area contributed by atoms with Gasteiger partial charge in [0.25, 0.3) is 5.91 Å². The summed E-state index contributed by atoms with van der Waals surface area (Å²) < 4.78 is 23.9. The van der Waals surface area contributed by atoms with E-state index in [1.165, 1.54) is 28.2 Å². The third-order valence-corrected chi connectivity index (χ3v) is 6.59. The number of halogens is 1. The van der Waals surface area contributed by atoms with E-state index in [0.29, 0.717) is 26.1 Å². The van der Waals surface area contributed by atoms with Gasteiger partial charge in [0.15, 0.2) is 5.76 Å². The highest BCUT2D eigenvalue weighted by atomic mass is 32.1. The Hall–Kier alpha value is -2.97. The Bertz CT molecular complexity index is 1050. The molecule has 1 unspecified atom stereocenters. The van der Waals surface area contributed by atoms with Crippen LogP contribution in [0.4, 0.5) is 4.39 Å². The normalized spacial score (nSPS) is 15.4. The maximum atomic E-state index is 13.5. The first kappa shape index (κ1) is 22.2. The molecule has 0 radical (unpaired) electrons. The van der Waals surface area contributed by atoms with Gasteiger partial charge in [0.2, 0.25) is 5.91 Å². The smallest absolute Gasteiger partial charge is 0.290 e. The van der Waals surface area contributed by atoms with Crippen molar-refractivity contribution in [3.63, 3.8) is 0 Å². The van der Waals surface area contributed by atoms with Gasteiger partial charge < -0.3 is 19.0 Å². The van der Waals surface area contributed by atoms with Gasteiger partial charge in [-0.1, -0.05) is 12.1 Å². The van der Waals surface area contributed by atoms with Gasteiger partial charge in [-0.2, -0.15) is 0 Å². The zero-order valence-electron chi connectivity index (χ0n) is 17.8. The van der Waals surface area contributed by atoms with Crippen LogP contribution >= 0.6 is 11.3 Å². The molecule has 6 nitrogen and oxygen atoms in total. The number of nitrogens with zero attached hydrogens (tertiary/aromatic N) is 2. The molecule has 0 bridgehead atoms. The molecule has 1 aliphatic heterocycles. The van der Waals surface area contributed by atoms with E-state index in [9.17, 15) is 14.0 Å². The Morgan fingerprint density at radius 1 is 1.25 bits per heavy atom. The molecule has 4 rings (SSSR count). The van der Waals surface area contributed by atoms with Crippen LogP contribution in [-0.2, 0) is 16.0 Å². The molecule has 3 heterocycles. The van der Waals surface area contributed by atoms with E-state index in [2.05, 4.69) is 0 Å². The number of benzene rings is 1. The van der Waals surface area contributed by atoms with Crippen LogP contribution in [0.5, 0.6) is 0 Å². The molecule has 0 saturated carbocycles. The minimum atomic E-state index is -0.328. The summed E-state index contributed by atoms with van der Waals surface area (Å²) in [4.78, 5) is 31.0. The number of fused-ring (bicyclic) bond motifs is 1. The lowest BCUT2D eigenvalue weighted by atomic mass is 9.93. The quantitative estimate of drug-likeness (QED) is 0.478. The molecule has 1 atom stereocenters. The van der Waals surface area contributed by atoms with E-state index in [1.54, 1.807) is 47.6 Å². The second-order valence-corrected chi connectivity index (χ2v) is 8.64. The largest absolute Gasteiger partial charge is 0.459 e. The average molecular weight is 457 g/mol. The van der Waals surface area contributed by atoms with E-state index in [-0.39, 0.29) is 36.0 Å². The predicted molar refractivity (Wildman–Crippen MR) is 119 cm³/mol. The fraction of sp³-hybridized carbons (Fsp3) is 0.333. The van der Waals surface area contributed by atoms with Crippen LogP contribution < -0.4 is 0 Å². The SMILES string of the molecule is COCCCN(CC(=O)N1CCc2sccc2C1c1ccc(F)cc1)C(=O)c1ccco1. The molecule has 0 N–H and O–H groups in total. The van der Waals surface area contributed by atoms with E-state index < -0.39 is 0 Å². The zero-order valence-corrected chi connectivity index (χ0v) is 18.6. The van der Waals surface area contributed by atoms with E-state index >= 15 is 0 Å². The summed E-state index contributed by atoms with van der Waals surface area (Å²) in [6.07, 6.45) is 2.80. The number of thiophene rings is 1. The third-order valence-electron chi connectivity index (χ3n) is 5.59. The molecule has 8 heteroatoms. The van der Waals surface area contributed by atoms with Crippen LogP contribution in [0.15, 0.2) is 58.5 Å². The van der Waals surface area contributed by atoms with Gasteiger partial charge in [-0.3, -0.25) is 9.59 Å². The molecule has 0 fully saturated rings. The number of ether oxygens (including phenoxy) is 1. The third kappa shape index (κ3) is 4.76. The Balaban J connectivity index is 1.58. The molecule has 168 valence electrons.